The van der Waals surface area contributed by atoms with Crippen LogP contribution in [0.15, 0.2) is 0 Å². The van der Waals surface area contributed by atoms with Gasteiger partial charge in [0.2, 0.25) is 0 Å². The fourth-order valence-corrected chi connectivity index (χ4v) is 2.62. The van der Waals surface area contributed by atoms with Crippen molar-refractivity contribution in [2.24, 2.45) is 0 Å². The molecule has 0 unspecified atom stereocenters. The van der Waals surface area contributed by atoms with Gasteiger partial charge in [-0.3, -0.25) is 0 Å². The van der Waals surface area contributed by atoms with E-state index in [9.17, 15) is 13.0 Å². The van der Waals surface area contributed by atoms with Gasteiger partial charge >= 0.3 is 29.6 Å². The second kappa shape index (κ2) is 7.52. The van der Waals surface area contributed by atoms with Crippen LogP contribution in [0, 0.1) is 0 Å². The summed E-state index contributed by atoms with van der Waals surface area (Å²) in [5.74, 6) is -0.186. The van der Waals surface area contributed by atoms with Crippen LogP contribution in [0.1, 0.15) is 13.3 Å². The first-order valence-electron chi connectivity index (χ1n) is 3.70. The van der Waals surface area contributed by atoms with Gasteiger partial charge in [-0.2, -0.15) is 0 Å². The second-order valence-electron chi connectivity index (χ2n) is 2.68. The van der Waals surface area contributed by atoms with E-state index in [1.807, 2.05) is 0 Å². The zero-order valence-corrected chi connectivity index (χ0v) is 11.8. The number of hydrogen-bond acceptors (Lipinski definition) is 3. The monoisotopic (exact) mass is 217 g/mol. The van der Waals surface area contributed by atoms with E-state index in [1.165, 1.54) is 0 Å². The molecule has 0 N–H and O–H groups in total. The molecule has 0 aromatic rings. The van der Waals surface area contributed by atoms with Gasteiger partial charge in [-0.25, -0.2) is 8.42 Å². The number of rotatable bonds is 5. The molecule has 0 aliphatic heterocycles. The first-order valence-corrected chi connectivity index (χ1v) is 7.69. The molecule has 6 heteroatoms. The molecule has 0 amide bonds. The van der Waals surface area contributed by atoms with Gasteiger partial charge in [0.1, 0.15) is 0 Å². The Hall–Kier alpha value is 1.13. The maximum Gasteiger partial charge on any atom is 1.00 e. The van der Waals surface area contributed by atoms with Crippen LogP contribution in [-0.4, -0.2) is 27.5 Å². The summed E-state index contributed by atoms with van der Waals surface area (Å²) in [6.45, 7) is 4.25. The van der Waals surface area contributed by atoms with E-state index in [1.54, 1.807) is 0 Å². The smallest absolute Gasteiger partial charge is 0.748 e. The topological polar surface area (TPSA) is 57.2 Å². The number of hydrogen-bond donors (Lipinski definition) is 0. The van der Waals surface area contributed by atoms with Crippen LogP contribution in [0.5, 0.6) is 0 Å². The molecule has 0 aliphatic carbocycles. The van der Waals surface area contributed by atoms with E-state index in [0.717, 1.165) is 12.1 Å². The minimum Gasteiger partial charge on any atom is -0.748 e. The van der Waals surface area contributed by atoms with Gasteiger partial charge in [0.25, 0.3) is 0 Å². The Morgan fingerprint density at radius 1 is 1.42 bits per heavy atom. The average molecular weight is 217 g/mol. The third kappa shape index (κ3) is 11.1. The molecule has 0 fully saturated rings. The summed E-state index contributed by atoms with van der Waals surface area (Å²) in [7, 11) is -4.32. The van der Waals surface area contributed by atoms with Gasteiger partial charge in [-0.1, -0.05) is 25.6 Å². The molecular weight excluding hydrogens is 203 g/mol. The van der Waals surface area contributed by atoms with E-state index in [4.69, 9.17) is 0 Å². The molecule has 0 rings (SSSR count). The van der Waals surface area contributed by atoms with Crippen molar-refractivity contribution in [1.29, 1.82) is 0 Å². The Labute approximate surface area is 98.6 Å². The van der Waals surface area contributed by atoms with Crippen LogP contribution in [0.25, 0.3) is 0 Å². The third-order valence-corrected chi connectivity index (χ3v) is 4.80. The molecule has 67 valence electrons. The van der Waals surface area contributed by atoms with Gasteiger partial charge in [-0.15, -0.1) is 0 Å². The van der Waals surface area contributed by atoms with Crippen LogP contribution < -0.4 is 29.6 Å². The Kier molecular flexibility index (Phi) is 9.78. The van der Waals surface area contributed by atoms with Gasteiger partial charge < -0.3 is 4.55 Å². The molecule has 0 spiro atoms. The molecule has 12 heavy (non-hydrogen) atoms. The summed E-state index contributed by atoms with van der Waals surface area (Å²) in [5.41, 5.74) is 0. The van der Waals surface area contributed by atoms with Crippen LogP contribution in [0.3, 0.4) is 0 Å². The van der Waals surface area contributed by atoms with Crippen molar-refractivity contribution in [2.75, 3.05) is 5.75 Å². The molecule has 0 aromatic carbocycles. The van der Waals surface area contributed by atoms with E-state index < -0.39 is 10.1 Å². The maximum atomic E-state index is 10.2. The molecular formula is C6H14NaO3SSi. The van der Waals surface area contributed by atoms with Crippen molar-refractivity contribution >= 4 is 18.9 Å². The second-order valence-corrected chi connectivity index (χ2v) is 7.32. The van der Waals surface area contributed by atoms with Crippen LogP contribution in [0.4, 0.5) is 0 Å². The first-order chi connectivity index (χ1) is 4.95. The van der Waals surface area contributed by atoms with Gasteiger partial charge in [-0.05, 0) is 6.42 Å². The maximum absolute atomic E-state index is 10.2. The summed E-state index contributed by atoms with van der Waals surface area (Å²) in [6, 6.07) is 2.08. The van der Waals surface area contributed by atoms with Crippen molar-refractivity contribution in [2.45, 2.75) is 32.0 Å². The largest absolute Gasteiger partial charge is 1.00 e. The normalized spacial score (nSPS) is 11.3. The minimum atomic E-state index is -3.96. The summed E-state index contributed by atoms with van der Waals surface area (Å²) in [5, 5.41) is 0. The van der Waals surface area contributed by atoms with E-state index >= 15 is 0 Å². The standard InChI is InChI=1S/C6H15O3SSi.Na/c1-3-11(2)6-4-5-10(7,8)9;/h3-6H2,1-2H3,(H,7,8,9);/q;+1/p-1. The van der Waals surface area contributed by atoms with Crippen molar-refractivity contribution < 1.29 is 42.5 Å². The molecule has 0 bridgehead atoms. The summed E-state index contributed by atoms with van der Waals surface area (Å²) >= 11 is 0. The van der Waals surface area contributed by atoms with Gasteiger partial charge in [0, 0.05) is 14.5 Å². The van der Waals surface area contributed by atoms with Crippen molar-refractivity contribution in [1.82, 2.24) is 0 Å². The van der Waals surface area contributed by atoms with Crippen molar-refractivity contribution in [3.63, 3.8) is 0 Å². The fourth-order valence-electron chi connectivity index (χ4n) is 0.727. The van der Waals surface area contributed by atoms with E-state index in [2.05, 4.69) is 13.5 Å². The van der Waals surface area contributed by atoms with Crippen LogP contribution in [0.2, 0.25) is 18.6 Å². The molecule has 0 atom stereocenters. The van der Waals surface area contributed by atoms with Crippen molar-refractivity contribution in [3.05, 3.63) is 0 Å². The fraction of sp³-hybridized carbons (Fsp3) is 1.00. The minimum absolute atomic E-state index is 0. The molecule has 3 nitrogen and oxygen atoms in total. The SMILES string of the molecule is CC[Si](C)CCCS(=O)(=O)[O-].[Na+]. The van der Waals surface area contributed by atoms with E-state index in [-0.39, 0.29) is 44.1 Å². The Balaban J connectivity index is 0. The van der Waals surface area contributed by atoms with Gasteiger partial charge in [0.15, 0.2) is 0 Å². The zero-order chi connectivity index (χ0) is 8.91. The summed E-state index contributed by atoms with van der Waals surface area (Å²) in [6.07, 6.45) is 0.546. The zero-order valence-electron chi connectivity index (χ0n) is 7.96. The summed E-state index contributed by atoms with van der Waals surface area (Å²) in [4.78, 5) is 0. The molecule has 0 aliphatic rings. The predicted molar refractivity (Wildman–Crippen MR) is 46.1 cm³/mol. The Morgan fingerprint density at radius 2 is 1.92 bits per heavy atom. The molecule has 1 radical (unpaired) electrons. The first kappa shape index (κ1) is 15.6. The third-order valence-electron chi connectivity index (χ3n) is 1.60. The molecule has 0 saturated heterocycles. The molecule has 0 saturated carbocycles. The van der Waals surface area contributed by atoms with Crippen LogP contribution >= 0.6 is 0 Å². The molecule has 0 aromatic heterocycles. The average Bonchev–Trinajstić information content (AvgIpc) is 1.85. The van der Waals surface area contributed by atoms with E-state index in [0.29, 0.717) is 6.42 Å². The van der Waals surface area contributed by atoms with Gasteiger partial charge in [0.05, 0.1) is 10.1 Å². The van der Waals surface area contributed by atoms with Crippen LogP contribution in [-0.2, 0) is 10.1 Å². The quantitative estimate of drug-likeness (QED) is 0.398. The summed E-state index contributed by atoms with van der Waals surface area (Å²) < 4.78 is 30.5. The van der Waals surface area contributed by atoms with Crippen molar-refractivity contribution in [3.8, 4) is 0 Å². The Morgan fingerprint density at radius 3 is 2.25 bits per heavy atom. The Bertz CT molecular complexity index is 193. The molecule has 0 heterocycles. The predicted octanol–water partition coefficient (Wildman–Crippen LogP) is -1.93.